The number of amides is 3. The van der Waals surface area contributed by atoms with Crippen LogP contribution in [-0.4, -0.2) is 28.5 Å². The number of hydrogen-bond acceptors (Lipinski definition) is 4. The van der Waals surface area contributed by atoms with Crippen molar-refractivity contribution in [2.45, 2.75) is 18.9 Å². The number of anilines is 2. The summed E-state index contributed by atoms with van der Waals surface area (Å²) < 4.78 is 0. The highest BCUT2D eigenvalue weighted by Gasteiger charge is 2.31. The van der Waals surface area contributed by atoms with Crippen molar-refractivity contribution in [3.05, 3.63) is 84.3 Å². The molecular formula is C22H21N5O2. The lowest BCUT2D eigenvalue weighted by Gasteiger charge is -2.18. The summed E-state index contributed by atoms with van der Waals surface area (Å²) in [6.45, 7) is 0.925. The van der Waals surface area contributed by atoms with E-state index in [0.29, 0.717) is 25.3 Å². The van der Waals surface area contributed by atoms with Gasteiger partial charge in [0.25, 0.3) is 0 Å². The van der Waals surface area contributed by atoms with Gasteiger partial charge in [-0.1, -0.05) is 36.4 Å². The standard InChI is InChI=1S/C22H21N5O2/c28-21-12-17(16-6-2-1-3-7-16)15-27(21)19-9-11-24-20(13-19)26-22(29)25-14-18-8-4-5-10-23-18/h1-11,13,17H,12,14-15H2,(H2,24,25,26,29). The number of nitrogens with one attached hydrogen (secondary N) is 2. The Kier molecular flexibility index (Phi) is 5.47. The van der Waals surface area contributed by atoms with Gasteiger partial charge in [0.1, 0.15) is 5.82 Å². The Bertz CT molecular complexity index is 994. The second-order valence-electron chi connectivity index (χ2n) is 6.84. The maximum absolute atomic E-state index is 12.6. The molecule has 1 aliphatic rings. The molecule has 1 aliphatic heterocycles. The van der Waals surface area contributed by atoms with Crippen molar-refractivity contribution in [3.8, 4) is 0 Å². The van der Waals surface area contributed by atoms with E-state index in [0.717, 1.165) is 16.9 Å². The molecule has 3 amide bonds. The zero-order valence-corrected chi connectivity index (χ0v) is 15.8. The summed E-state index contributed by atoms with van der Waals surface area (Å²) in [6, 6.07) is 18.7. The summed E-state index contributed by atoms with van der Waals surface area (Å²) in [5, 5.41) is 5.45. The fourth-order valence-corrected chi connectivity index (χ4v) is 3.40. The number of pyridine rings is 2. The molecule has 2 aromatic heterocycles. The highest BCUT2D eigenvalue weighted by Crippen LogP contribution is 2.32. The molecule has 146 valence electrons. The first-order valence-electron chi connectivity index (χ1n) is 9.45. The molecular weight excluding hydrogens is 366 g/mol. The van der Waals surface area contributed by atoms with Gasteiger partial charge in [-0.25, -0.2) is 9.78 Å². The van der Waals surface area contributed by atoms with Gasteiger partial charge < -0.3 is 10.2 Å². The SMILES string of the molecule is O=C(NCc1ccccn1)Nc1cc(N2CC(c3ccccc3)CC2=O)ccn1. The minimum atomic E-state index is -0.379. The van der Waals surface area contributed by atoms with Crippen LogP contribution in [0.4, 0.5) is 16.3 Å². The number of carbonyl (C=O) groups excluding carboxylic acids is 2. The predicted molar refractivity (Wildman–Crippen MR) is 110 cm³/mol. The Balaban J connectivity index is 1.39. The quantitative estimate of drug-likeness (QED) is 0.703. The molecule has 3 heterocycles. The van der Waals surface area contributed by atoms with E-state index in [1.165, 1.54) is 0 Å². The van der Waals surface area contributed by atoms with Crippen LogP contribution in [0.2, 0.25) is 0 Å². The van der Waals surface area contributed by atoms with Gasteiger partial charge in [0.05, 0.1) is 12.2 Å². The lowest BCUT2D eigenvalue weighted by atomic mass is 9.99. The van der Waals surface area contributed by atoms with Gasteiger partial charge in [0, 0.05) is 43.0 Å². The van der Waals surface area contributed by atoms with Crippen molar-refractivity contribution in [1.29, 1.82) is 0 Å². The number of carbonyl (C=O) groups is 2. The van der Waals surface area contributed by atoms with Crippen LogP contribution >= 0.6 is 0 Å². The highest BCUT2D eigenvalue weighted by atomic mass is 16.2. The monoisotopic (exact) mass is 387 g/mol. The van der Waals surface area contributed by atoms with Crippen LogP contribution in [0.1, 0.15) is 23.6 Å². The molecule has 0 bridgehead atoms. The van der Waals surface area contributed by atoms with Gasteiger partial charge >= 0.3 is 6.03 Å². The van der Waals surface area contributed by atoms with Crippen molar-refractivity contribution >= 4 is 23.4 Å². The Hall–Kier alpha value is -3.74. The van der Waals surface area contributed by atoms with Crippen LogP contribution in [0.15, 0.2) is 73.1 Å². The smallest absolute Gasteiger partial charge is 0.320 e. The summed E-state index contributed by atoms with van der Waals surface area (Å²) in [4.78, 5) is 34.8. The van der Waals surface area contributed by atoms with Gasteiger partial charge in [-0.3, -0.25) is 15.1 Å². The van der Waals surface area contributed by atoms with E-state index < -0.39 is 0 Å². The molecule has 29 heavy (non-hydrogen) atoms. The van der Waals surface area contributed by atoms with Crippen molar-refractivity contribution in [3.63, 3.8) is 0 Å². The number of nitrogens with zero attached hydrogens (tertiary/aromatic N) is 3. The largest absolute Gasteiger partial charge is 0.332 e. The van der Waals surface area contributed by atoms with E-state index in [9.17, 15) is 9.59 Å². The Morgan fingerprint density at radius 1 is 1.03 bits per heavy atom. The molecule has 7 nitrogen and oxygen atoms in total. The number of hydrogen-bond donors (Lipinski definition) is 2. The van der Waals surface area contributed by atoms with E-state index in [1.807, 2.05) is 48.5 Å². The lowest BCUT2D eigenvalue weighted by molar-refractivity contribution is -0.117. The van der Waals surface area contributed by atoms with Gasteiger partial charge in [0.2, 0.25) is 5.91 Å². The van der Waals surface area contributed by atoms with E-state index in [1.54, 1.807) is 29.4 Å². The Labute approximate surface area is 168 Å². The molecule has 0 saturated carbocycles. The first kappa shape index (κ1) is 18.6. The molecule has 2 N–H and O–H groups in total. The summed E-state index contributed by atoms with van der Waals surface area (Å²) in [5.74, 6) is 0.613. The summed E-state index contributed by atoms with van der Waals surface area (Å²) >= 11 is 0. The summed E-state index contributed by atoms with van der Waals surface area (Å²) in [5.41, 5.74) is 2.65. The van der Waals surface area contributed by atoms with Gasteiger partial charge in [-0.05, 0) is 23.8 Å². The topological polar surface area (TPSA) is 87.2 Å². The fourth-order valence-electron chi connectivity index (χ4n) is 3.40. The molecule has 1 saturated heterocycles. The van der Waals surface area contributed by atoms with E-state index in [2.05, 4.69) is 20.6 Å². The second kappa shape index (κ2) is 8.52. The number of urea groups is 1. The number of rotatable bonds is 5. The Morgan fingerprint density at radius 3 is 2.66 bits per heavy atom. The van der Waals surface area contributed by atoms with Crippen molar-refractivity contribution in [1.82, 2.24) is 15.3 Å². The van der Waals surface area contributed by atoms with Crippen LogP contribution in [0.25, 0.3) is 0 Å². The van der Waals surface area contributed by atoms with Gasteiger partial charge in [-0.15, -0.1) is 0 Å². The Morgan fingerprint density at radius 2 is 1.86 bits per heavy atom. The second-order valence-corrected chi connectivity index (χ2v) is 6.84. The lowest BCUT2D eigenvalue weighted by Crippen LogP contribution is -2.29. The van der Waals surface area contributed by atoms with Crippen LogP contribution in [0.5, 0.6) is 0 Å². The van der Waals surface area contributed by atoms with Crippen molar-refractivity contribution in [2.24, 2.45) is 0 Å². The number of benzene rings is 1. The minimum Gasteiger partial charge on any atom is -0.332 e. The van der Waals surface area contributed by atoms with Crippen LogP contribution in [-0.2, 0) is 11.3 Å². The molecule has 1 aromatic carbocycles. The molecule has 0 aliphatic carbocycles. The summed E-state index contributed by atoms with van der Waals surface area (Å²) in [6.07, 6.45) is 3.74. The van der Waals surface area contributed by atoms with Crippen LogP contribution in [0.3, 0.4) is 0 Å². The first-order chi connectivity index (χ1) is 14.2. The zero-order chi connectivity index (χ0) is 20.1. The summed E-state index contributed by atoms with van der Waals surface area (Å²) in [7, 11) is 0. The third-order valence-corrected chi connectivity index (χ3v) is 4.85. The van der Waals surface area contributed by atoms with Gasteiger partial charge in [0.15, 0.2) is 0 Å². The average Bonchev–Trinajstić information content (AvgIpc) is 3.15. The fraction of sp³-hybridized carbons (Fsp3) is 0.182. The van der Waals surface area contributed by atoms with Crippen molar-refractivity contribution in [2.75, 3.05) is 16.8 Å². The third kappa shape index (κ3) is 4.57. The van der Waals surface area contributed by atoms with E-state index in [-0.39, 0.29) is 17.9 Å². The molecule has 1 unspecified atom stereocenters. The normalized spacial score (nSPS) is 15.9. The third-order valence-electron chi connectivity index (χ3n) is 4.85. The highest BCUT2D eigenvalue weighted by molar-refractivity contribution is 5.97. The van der Waals surface area contributed by atoms with E-state index in [4.69, 9.17) is 0 Å². The minimum absolute atomic E-state index is 0.0654. The zero-order valence-electron chi connectivity index (χ0n) is 15.8. The predicted octanol–water partition coefficient (Wildman–Crippen LogP) is 3.32. The first-order valence-corrected chi connectivity index (χ1v) is 9.45. The van der Waals surface area contributed by atoms with Crippen molar-refractivity contribution < 1.29 is 9.59 Å². The molecule has 0 radical (unpaired) electrons. The van der Waals surface area contributed by atoms with Gasteiger partial charge in [-0.2, -0.15) is 0 Å². The average molecular weight is 387 g/mol. The van der Waals surface area contributed by atoms with Crippen LogP contribution < -0.4 is 15.5 Å². The molecule has 7 heteroatoms. The van der Waals surface area contributed by atoms with E-state index >= 15 is 0 Å². The molecule has 4 rings (SSSR count). The maximum Gasteiger partial charge on any atom is 0.320 e. The molecule has 0 spiro atoms. The maximum atomic E-state index is 12.6. The molecule has 1 atom stereocenters. The van der Waals surface area contributed by atoms with Crippen LogP contribution in [0, 0.1) is 0 Å². The molecule has 1 fully saturated rings. The number of aromatic nitrogens is 2. The molecule has 3 aromatic rings.